The van der Waals surface area contributed by atoms with Crippen LogP contribution in [0.15, 0.2) is 42.9 Å². The summed E-state index contributed by atoms with van der Waals surface area (Å²) in [5, 5.41) is 14.3. The average molecular weight is 600 g/mol. The van der Waals surface area contributed by atoms with Crippen molar-refractivity contribution in [3.05, 3.63) is 65.6 Å². The number of anilines is 3. The van der Waals surface area contributed by atoms with Crippen LogP contribution in [0.25, 0.3) is 5.82 Å². The topological polar surface area (TPSA) is 141 Å². The lowest BCUT2D eigenvalue weighted by atomic mass is 9.81. The minimum Gasteiger partial charge on any atom is -0.341 e. The zero-order valence-corrected chi connectivity index (χ0v) is 24.9. The highest BCUT2D eigenvalue weighted by Crippen LogP contribution is 2.44. The maximum atomic E-state index is 14.4. The molecule has 2 aliphatic heterocycles. The van der Waals surface area contributed by atoms with E-state index in [0.29, 0.717) is 49.3 Å². The van der Waals surface area contributed by atoms with Gasteiger partial charge in [-0.1, -0.05) is 6.07 Å². The van der Waals surface area contributed by atoms with Gasteiger partial charge in [-0.05, 0) is 58.1 Å². The summed E-state index contributed by atoms with van der Waals surface area (Å²) in [6.45, 7) is 6.86. The zero-order valence-electron chi connectivity index (χ0n) is 24.9. The minimum atomic E-state index is -0.918. The molecule has 1 atom stereocenters. The number of pyridine rings is 1. The molecular weight excluding hydrogens is 565 g/mol. The molecule has 1 spiro atoms. The molecule has 3 fully saturated rings. The highest BCUT2D eigenvalue weighted by Gasteiger charge is 2.58. The van der Waals surface area contributed by atoms with Crippen LogP contribution in [-0.4, -0.2) is 87.8 Å². The van der Waals surface area contributed by atoms with Gasteiger partial charge in [0.05, 0.1) is 18.4 Å². The van der Waals surface area contributed by atoms with Crippen LogP contribution in [0.2, 0.25) is 0 Å². The monoisotopic (exact) mass is 599 g/mol. The van der Waals surface area contributed by atoms with Gasteiger partial charge in [0.25, 0.3) is 0 Å². The number of piperidine rings is 1. The van der Waals surface area contributed by atoms with Crippen molar-refractivity contribution in [2.75, 3.05) is 29.9 Å². The fraction of sp³-hybridized carbons (Fsp3) is 0.433. The average Bonchev–Trinajstić information content (AvgIpc) is 3.61. The summed E-state index contributed by atoms with van der Waals surface area (Å²) in [5.41, 5.74) is 1.62. The summed E-state index contributed by atoms with van der Waals surface area (Å²) in [7, 11) is 0. The fourth-order valence-corrected chi connectivity index (χ4v) is 6.39. The van der Waals surface area contributed by atoms with Gasteiger partial charge in [-0.25, -0.2) is 19.0 Å². The van der Waals surface area contributed by atoms with Crippen molar-refractivity contribution >= 4 is 29.4 Å². The lowest BCUT2D eigenvalue weighted by Crippen LogP contribution is -2.71. The van der Waals surface area contributed by atoms with E-state index in [-0.39, 0.29) is 30.4 Å². The first kappa shape index (κ1) is 27.9. The summed E-state index contributed by atoms with van der Waals surface area (Å²) >= 11 is 0. The van der Waals surface area contributed by atoms with E-state index in [9.17, 15) is 14.0 Å². The molecule has 2 saturated heterocycles. The third-order valence-electron chi connectivity index (χ3n) is 8.79. The van der Waals surface area contributed by atoms with Gasteiger partial charge >= 0.3 is 0 Å². The van der Waals surface area contributed by atoms with Crippen LogP contribution in [0.3, 0.4) is 0 Å². The van der Waals surface area contributed by atoms with Crippen LogP contribution in [-0.2, 0) is 9.59 Å². The molecule has 13 nitrogen and oxygen atoms in total. The van der Waals surface area contributed by atoms with Crippen molar-refractivity contribution in [1.82, 2.24) is 44.7 Å². The molecule has 2 N–H and O–H groups in total. The van der Waals surface area contributed by atoms with Crippen molar-refractivity contribution in [2.45, 2.75) is 64.1 Å². The van der Waals surface area contributed by atoms with Gasteiger partial charge in [0, 0.05) is 48.8 Å². The molecule has 4 aromatic rings. The number of nitrogens with one attached hydrogen (secondary N) is 2. The Morgan fingerprint density at radius 2 is 1.86 bits per heavy atom. The first-order valence-electron chi connectivity index (χ1n) is 14.9. The van der Waals surface area contributed by atoms with Gasteiger partial charge in [-0.2, -0.15) is 15.2 Å². The summed E-state index contributed by atoms with van der Waals surface area (Å²) in [6, 6.07) is 7.07. The number of carbonyl (C=O) groups excluding carboxylic acids is 2. The molecule has 1 saturated carbocycles. The Kier molecular flexibility index (Phi) is 6.78. The highest BCUT2D eigenvalue weighted by atomic mass is 19.1. The quantitative estimate of drug-likeness (QED) is 0.328. The molecule has 228 valence electrons. The van der Waals surface area contributed by atoms with Gasteiger partial charge < -0.3 is 20.0 Å². The van der Waals surface area contributed by atoms with Gasteiger partial charge in [-0.3, -0.25) is 14.7 Å². The Labute approximate surface area is 253 Å². The normalized spacial score (nSPS) is 19.1. The fourth-order valence-electron chi connectivity index (χ4n) is 6.39. The van der Waals surface area contributed by atoms with E-state index in [1.54, 1.807) is 17.2 Å². The molecular formula is C30H34FN11O2. The largest absolute Gasteiger partial charge is 0.341 e. The predicted molar refractivity (Wildman–Crippen MR) is 159 cm³/mol. The number of carbonyl (C=O) groups is 2. The van der Waals surface area contributed by atoms with Crippen molar-refractivity contribution < 1.29 is 14.0 Å². The van der Waals surface area contributed by atoms with Crippen LogP contribution in [0, 0.1) is 19.7 Å². The maximum Gasteiger partial charge on any atom is 0.249 e. The van der Waals surface area contributed by atoms with Crippen LogP contribution in [0.1, 0.15) is 55.6 Å². The molecule has 6 heterocycles. The number of hydrogen-bond acceptors (Lipinski definition) is 9. The molecule has 1 aliphatic carbocycles. The molecule has 7 rings (SSSR count). The second kappa shape index (κ2) is 10.7. The Morgan fingerprint density at radius 1 is 1.07 bits per heavy atom. The smallest absolute Gasteiger partial charge is 0.249 e. The van der Waals surface area contributed by atoms with Crippen LogP contribution < -0.4 is 10.2 Å². The number of halogens is 1. The van der Waals surface area contributed by atoms with E-state index >= 15 is 0 Å². The SMILES string of the molecule is Cc1cc(Nc2cc(C)[nH]n2)nc(N2CCC3(CC2)C(=O)N(C(C)c2ccc(-n4cc(F)cn4)nc2)CC(=O)N3C2CC2)n1. The highest BCUT2D eigenvalue weighted by molar-refractivity contribution is 5.99. The summed E-state index contributed by atoms with van der Waals surface area (Å²) in [6.07, 6.45) is 6.83. The van der Waals surface area contributed by atoms with Crippen molar-refractivity contribution in [3.63, 3.8) is 0 Å². The number of rotatable bonds is 7. The molecule has 1 unspecified atom stereocenters. The number of aromatic nitrogens is 7. The number of aryl methyl sites for hydroxylation is 2. The maximum absolute atomic E-state index is 14.4. The predicted octanol–water partition coefficient (Wildman–Crippen LogP) is 3.21. The van der Waals surface area contributed by atoms with E-state index < -0.39 is 11.4 Å². The van der Waals surface area contributed by atoms with Gasteiger partial charge in [-0.15, -0.1) is 0 Å². The van der Waals surface area contributed by atoms with E-state index in [2.05, 4.69) is 35.5 Å². The first-order valence-corrected chi connectivity index (χ1v) is 14.9. The second-order valence-corrected chi connectivity index (χ2v) is 11.9. The van der Waals surface area contributed by atoms with Crippen LogP contribution >= 0.6 is 0 Å². The van der Waals surface area contributed by atoms with E-state index in [0.717, 1.165) is 36.0 Å². The molecule has 2 amide bonds. The Balaban J connectivity index is 1.11. The lowest BCUT2D eigenvalue weighted by molar-refractivity contribution is -0.170. The Hall–Kier alpha value is -4.88. The lowest BCUT2D eigenvalue weighted by Gasteiger charge is -2.53. The zero-order chi connectivity index (χ0) is 30.6. The standard InChI is InChI=1S/C30H34FN11O2/c1-18-12-24(35-25-13-19(2)37-38-25)36-29(34-18)39-10-8-30(9-11-39)28(44)40(17-27(43)42(30)23-5-6-23)20(3)21-4-7-26(32-14-21)41-16-22(31)15-33-41/h4,7,12-16,20,23H,5-6,8-11,17H2,1-3H3,(H2,34,35,36,37,38). The van der Waals surface area contributed by atoms with Crippen LogP contribution in [0.4, 0.5) is 22.0 Å². The molecule has 0 bridgehead atoms. The Morgan fingerprint density at radius 3 is 2.50 bits per heavy atom. The summed E-state index contributed by atoms with van der Waals surface area (Å²) < 4.78 is 14.8. The van der Waals surface area contributed by atoms with Crippen molar-refractivity contribution in [1.29, 1.82) is 0 Å². The van der Waals surface area contributed by atoms with Gasteiger partial charge in [0.15, 0.2) is 17.5 Å². The minimum absolute atomic E-state index is 0.0171. The van der Waals surface area contributed by atoms with E-state index in [4.69, 9.17) is 4.98 Å². The number of aromatic amines is 1. The molecule has 14 heteroatoms. The third-order valence-corrected chi connectivity index (χ3v) is 8.79. The molecule has 0 radical (unpaired) electrons. The van der Waals surface area contributed by atoms with Crippen LogP contribution in [0.5, 0.6) is 0 Å². The van der Waals surface area contributed by atoms with E-state index in [1.165, 1.54) is 10.9 Å². The number of nitrogens with zero attached hydrogens (tertiary/aromatic N) is 9. The number of hydrogen-bond donors (Lipinski definition) is 2. The second-order valence-electron chi connectivity index (χ2n) is 11.9. The number of H-pyrrole nitrogens is 1. The van der Waals surface area contributed by atoms with Gasteiger partial charge in [0.2, 0.25) is 17.8 Å². The van der Waals surface area contributed by atoms with E-state index in [1.807, 2.05) is 43.9 Å². The molecule has 4 aromatic heterocycles. The Bertz CT molecular complexity index is 1710. The first-order chi connectivity index (χ1) is 21.2. The third kappa shape index (κ3) is 5.03. The number of amides is 2. The molecule has 3 aliphatic rings. The summed E-state index contributed by atoms with van der Waals surface area (Å²) in [4.78, 5) is 47.7. The van der Waals surface area contributed by atoms with Crippen molar-refractivity contribution in [2.24, 2.45) is 0 Å². The number of piperazine rings is 1. The molecule has 0 aromatic carbocycles. The molecule has 44 heavy (non-hydrogen) atoms. The van der Waals surface area contributed by atoms with Gasteiger partial charge in [0.1, 0.15) is 17.9 Å². The van der Waals surface area contributed by atoms with Crippen molar-refractivity contribution in [3.8, 4) is 5.82 Å². The summed E-state index contributed by atoms with van der Waals surface area (Å²) in [5.74, 6) is 1.85.